The van der Waals surface area contributed by atoms with Crippen LogP contribution in [0.25, 0.3) is 0 Å². The SMILES string of the molecule is Cc1cscc1NC(=O)CC1(C(=O)O)CCC1. The Hall–Kier alpha value is -1.36. The molecular weight excluding hydrogens is 238 g/mol. The molecule has 1 aliphatic carbocycles. The van der Waals surface area contributed by atoms with Crippen LogP contribution in [0.3, 0.4) is 0 Å². The largest absolute Gasteiger partial charge is 0.481 e. The van der Waals surface area contributed by atoms with Gasteiger partial charge in [0.25, 0.3) is 0 Å². The molecule has 4 nitrogen and oxygen atoms in total. The standard InChI is InChI=1S/C12H15NO3S/c1-8-6-17-7-9(8)13-10(14)5-12(11(15)16)3-2-4-12/h6-7H,2-5H2,1H3,(H,13,14)(H,15,16). The lowest BCUT2D eigenvalue weighted by Crippen LogP contribution is -2.41. The highest BCUT2D eigenvalue weighted by atomic mass is 32.1. The number of carboxylic acids is 1. The minimum absolute atomic E-state index is 0.0810. The Labute approximate surface area is 104 Å². The summed E-state index contributed by atoms with van der Waals surface area (Å²) in [5, 5.41) is 15.7. The van der Waals surface area contributed by atoms with E-state index >= 15 is 0 Å². The number of hydrogen-bond donors (Lipinski definition) is 2. The molecule has 5 heteroatoms. The Morgan fingerprint density at radius 1 is 1.47 bits per heavy atom. The maximum Gasteiger partial charge on any atom is 0.310 e. The topological polar surface area (TPSA) is 66.4 Å². The third-order valence-corrected chi connectivity index (χ3v) is 4.25. The molecule has 0 spiro atoms. The van der Waals surface area contributed by atoms with Crippen LogP contribution in [0.2, 0.25) is 0 Å². The van der Waals surface area contributed by atoms with Gasteiger partial charge in [0.2, 0.25) is 5.91 Å². The van der Waals surface area contributed by atoms with E-state index in [0.29, 0.717) is 12.8 Å². The van der Waals surface area contributed by atoms with Gasteiger partial charge in [-0.3, -0.25) is 9.59 Å². The van der Waals surface area contributed by atoms with Crippen molar-refractivity contribution >= 4 is 28.9 Å². The molecular formula is C12H15NO3S. The van der Waals surface area contributed by atoms with Crippen molar-refractivity contribution in [1.29, 1.82) is 0 Å². The fourth-order valence-corrected chi connectivity index (χ4v) is 2.84. The van der Waals surface area contributed by atoms with E-state index in [1.54, 1.807) is 0 Å². The summed E-state index contributed by atoms with van der Waals surface area (Å²) in [5.41, 5.74) is 0.995. The van der Waals surface area contributed by atoms with E-state index in [4.69, 9.17) is 5.11 Å². The highest BCUT2D eigenvalue weighted by Crippen LogP contribution is 2.44. The van der Waals surface area contributed by atoms with Gasteiger partial charge in [0.05, 0.1) is 11.1 Å². The van der Waals surface area contributed by atoms with Crippen LogP contribution >= 0.6 is 11.3 Å². The second-order valence-corrected chi connectivity index (χ2v) is 5.38. The van der Waals surface area contributed by atoms with Crippen LogP contribution < -0.4 is 5.32 Å². The van der Waals surface area contributed by atoms with Crippen LogP contribution in [0.15, 0.2) is 10.8 Å². The summed E-state index contributed by atoms with van der Waals surface area (Å²) in [6, 6.07) is 0. The molecule has 0 saturated heterocycles. The molecule has 1 aromatic heterocycles. The maximum atomic E-state index is 11.8. The number of thiophene rings is 1. The Morgan fingerprint density at radius 3 is 2.59 bits per heavy atom. The predicted octanol–water partition coefficient (Wildman–Crippen LogP) is 2.64. The highest BCUT2D eigenvalue weighted by molar-refractivity contribution is 7.08. The summed E-state index contributed by atoms with van der Waals surface area (Å²) in [6.45, 7) is 1.92. The molecule has 1 amide bonds. The number of aryl methyl sites for hydroxylation is 1. The molecule has 2 N–H and O–H groups in total. The molecule has 0 aromatic carbocycles. The maximum absolute atomic E-state index is 11.8. The molecule has 1 aliphatic rings. The highest BCUT2D eigenvalue weighted by Gasteiger charge is 2.45. The number of carboxylic acid groups (broad SMARTS) is 1. The van der Waals surface area contributed by atoms with Crippen LogP contribution in [0.1, 0.15) is 31.2 Å². The molecule has 0 atom stereocenters. The molecule has 1 aromatic rings. The first-order valence-electron chi connectivity index (χ1n) is 5.59. The van der Waals surface area contributed by atoms with E-state index in [1.165, 1.54) is 11.3 Å². The number of aliphatic carboxylic acids is 1. The van der Waals surface area contributed by atoms with Gasteiger partial charge in [-0.15, -0.1) is 11.3 Å². The summed E-state index contributed by atoms with van der Waals surface area (Å²) in [5.74, 6) is -1.05. The van der Waals surface area contributed by atoms with Gasteiger partial charge in [-0.2, -0.15) is 0 Å². The molecule has 1 fully saturated rings. The Bertz CT molecular complexity index is 448. The third-order valence-electron chi connectivity index (χ3n) is 3.39. The zero-order chi connectivity index (χ0) is 12.5. The number of hydrogen-bond acceptors (Lipinski definition) is 3. The minimum Gasteiger partial charge on any atom is -0.481 e. The van der Waals surface area contributed by atoms with Gasteiger partial charge in [0, 0.05) is 11.8 Å². The van der Waals surface area contributed by atoms with Gasteiger partial charge in [0.1, 0.15) is 0 Å². The van der Waals surface area contributed by atoms with Crippen molar-refractivity contribution in [3.63, 3.8) is 0 Å². The van der Waals surface area contributed by atoms with Crippen molar-refractivity contribution in [1.82, 2.24) is 0 Å². The zero-order valence-corrected chi connectivity index (χ0v) is 10.5. The third kappa shape index (κ3) is 2.34. The summed E-state index contributed by atoms with van der Waals surface area (Å²) >= 11 is 1.52. The smallest absolute Gasteiger partial charge is 0.310 e. The molecule has 0 bridgehead atoms. The normalized spacial score (nSPS) is 17.2. The fraction of sp³-hybridized carbons (Fsp3) is 0.500. The first-order valence-corrected chi connectivity index (χ1v) is 6.54. The second kappa shape index (κ2) is 4.49. The first-order chi connectivity index (χ1) is 8.03. The van der Waals surface area contributed by atoms with E-state index < -0.39 is 11.4 Å². The van der Waals surface area contributed by atoms with Crippen LogP contribution in [0.4, 0.5) is 5.69 Å². The van der Waals surface area contributed by atoms with Crippen molar-refractivity contribution < 1.29 is 14.7 Å². The van der Waals surface area contributed by atoms with Crippen LogP contribution in [0.5, 0.6) is 0 Å². The van der Waals surface area contributed by atoms with Gasteiger partial charge in [-0.1, -0.05) is 6.42 Å². The lowest BCUT2D eigenvalue weighted by atomic mass is 9.66. The van der Waals surface area contributed by atoms with Crippen molar-refractivity contribution in [2.75, 3.05) is 5.32 Å². The quantitative estimate of drug-likeness (QED) is 0.866. The monoisotopic (exact) mass is 253 g/mol. The number of carbonyl (C=O) groups is 2. The van der Waals surface area contributed by atoms with Crippen LogP contribution in [-0.4, -0.2) is 17.0 Å². The van der Waals surface area contributed by atoms with Gasteiger partial charge in [-0.05, 0) is 30.7 Å². The van der Waals surface area contributed by atoms with Crippen molar-refractivity contribution in [2.24, 2.45) is 5.41 Å². The number of nitrogens with one attached hydrogen (secondary N) is 1. The number of amides is 1. The van der Waals surface area contributed by atoms with Gasteiger partial charge < -0.3 is 10.4 Å². The van der Waals surface area contributed by atoms with E-state index in [1.807, 2.05) is 17.7 Å². The fourth-order valence-electron chi connectivity index (χ4n) is 2.06. The van der Waals surface area contributed by atoms with Crippen LogP contribution in [0, 0.1) is 12.3 Å². The lowest BCUT2D eigenvalue weighted by molar-refractivity contribution is -0.157. The van der Waals surface area contributed by atoms with E-state index in [9.17, 15) is 9.59 Å². The molecule has 92 valence electrons. The van der Waals surface area contributed by atoms with Gasteiger partial charge in [-0.25, -0.2) is 0 Å². The van der Waals surface area contributed by atoms with Crippen LogP contribution in [-0.2, 0) is 9.59 Å². The number of anilines is 1. The Balaban J connectivity index is 1.98. The molecule has 1 saturated carbocycles. The zero-order valence-electron chi connectivity index (χ0n) is 9.66. The summed E-state index contributed by atoms with van der Waals surface area (Å²) in [6.07, 6.45) is 2.20. The van der Waals surface area contributed by atoms with Crippen molar-refractivity contribution in [3.05, 3.63) is 16.3 Å². The second-order valence-electron chi connectivity index (χ2n) is 4.63. The van der Waals surface area contributed by atoms with Crippen molar-refractivity contribution in [3.8, 4) is 0 Å². The Morgan fingerprint density at radius 2 is 2.18 bits per heavy atom. The predicted molar refractivity (Wildman–Crippen MR) is 66.2 cm³/mol. The van der Waals surface area contributed by atoms with Gasteiger partial charge >= 0.3 is 5.97 Å². The molecule has 17 heavy (non-hydrogen) atoms. The molecule has 2 rings (SSSR count). The summed E-state index contributed by atoms with van der Waals surface area (Å²) in [4.78, 5) is 22.9. The average molecular weight is 253 g/mol. The molecule has 1 heterocycles. The number of rotatable bonds is 4. The van der Waals surface area contributed by atoms with Crippen molar-refractivity contribution in [2.45, 2.75) is 32.6 Å². The molecule has 0 unspecified atom stereocenters. The van der Waals surface area contributed by atoms with E-state index in [-0.39, 0.29) is 12.3 Å². The Kier molecular flexibility index (Phi) is 3.19. The molecule has 0 radical (unpaired) electrons. The summed E-state index contributed by atoms with van der Waals surface area (Å²) in [7, 11) is 0. The van der Waals surface area contributed by atoms with E-state index in [0.717, 1.165) is 17.7 Å². The van der Waals surface area contributed by atoms with Gasteiger partial charge in [0.15, 0.2) is 0 Å². The molecule has 0 aliphatic heterocycles. The average Bonchev–Trinajstić information content (AvgIpc) is 2.58. The van der Waals surface area contributed by atoms with E-state index in [2.05, 4.69) is 5.32 Å². The summed E-state index contributed by atoms with van der Waals surface area (Å²) < 4.78 is 0. The minimum atomic E-state index is -0.846. The lowest BCUT2D eigenvalue weighted by Gasteiger charge is -2.36. The first kappa shape index (κ1) is 12.1. The number of carbonyl (C=O) groups excluding carboxylic acids is 1.